The molecule has 0 saturated heterocycles. The number of carbonyl (C=O) groups excluding carboxylic acids is 1. The van der Waals surface area contributed by atoms with Crippen molar-refractivity contribution < 1.29 is 13.9 Å². The molecule has 0 aliphatic heterocycles. The Morgan fingerprint density at radius 3 is 2.71 bits per heavy atom. The van der Waals surface area contributed by atoms with Crippen LogP contribution in [0.3, 0.4) is 0 Å². The molecule has 0 unspecified atom stereocenters. The lowest BCUT2D eigenvalue weighted by molar-refractivity contribution is 0.102. The highest BCUT2D eigenvalue weighted by Crippen LogP contribution is 2.31. The summed E-state index contributed by atoms with van der Waals surface area (Å²) in [6.45, 7) is 1.90. The second-order valence-electron chi connectivity index (χ2n) is 6.29. The smallest absolute Gasteiger partial charge is 0.259 e. The van der Waals surface area contributed by atoms with Crippen molar-refractivity contribution in [3.05, 3.63) is 76.3 Å². The second kappa shape index (κ2) is 7.48. The number of hydrogen-bond acceptors (Lipinski definition) is 4. The van der Waals surface area contributed by atoms with Crippen LogP contribution in [0.25, 0.3) is 22.6 Å². The Balaban J connectivity index is 1.65. The summed E-state index contributed by atoms with van der Waals surface area (Å²) in [5, 5.41) is 2.90. The van der Waals surface area contributed by atoms with Crippen molar-refractivity contribution in [3.63, 3.8) is 0 Å². The number of anilines is 1. The van der Waals surface area contributed by atoms with Gasteiger partial charge in [-0.15, -0.1) is 0 Å². The van der Waals surface area contributed by atoms with E-state index in [1.807, 2.05) is 43.3 Å². The number of oxazole rings is 1. The zero-order chi connectivity index (χ0) is 19.7. The number of carbonyl (C=O) groups is 1. The number of benzene rings is 3. The van der Waals surface area contributed by atoms with E-state index in [-0.39, 0.29) is 5.91 Å². The summed E-state index contributed by atoms with van der Waals surface area (Å²) in [5.74, 6) is 0.847. The van der Waals surface area contributed by atoms with Crippen molar-refractivity contribution in [1.82, 2.24) is 4.98 Å². The van der Waals surface area contributed by atoms with E-state index in [2.05, 4.69) is 26.2 Å². The minimum Gasteiger partial charge on any atom is -0.496 e. The maximum Gasteiger partial charge on any atom is 0.259 e. The molecule has 140 valence electrons. The molecule has 1 amide bonds. The third-order valence-corrected chi connectivity index (χ3v) is 5.10. The van der Waals surface area contributed by atoms with E-state index in [9.17, 15) is 4.79 Å². The molecule has 0 fully saturated rings. The molecule has 0 saturated carbocycles. The number of hydrogen-bond donors (Lipinski definition) is 1. The lowest BCUT2D eigenvalue weighted by Crippen LogP contribution is -2.13. The minimum absolute atomic E-state index is 0.241. The first kappa shape index (κ1) is 18.3. The molecule has 5 nitrogen and oxygen atoms in total. The topological polar surface area (TPSA) is 64.4 Å². The zero-order valence-corrected chi connectivity index (χ0v) is 16.9. The van der Waals surface area contributed by atoms with Crippen LogP contribution in [0.1, 0.15) is 15.9 Å². The second-order valence-corrected chi connectivity index (χ2v) is 7.15. The molecule has 1 heterocycles. The monoisotopic (exact) mass is 436 g/mol. The van der Waals surface area contributed by atoms with Gasteiger partial charge in [0, 0.05) is 10.2 Å². The molecule has 4 rings (SSSR count). The predicted molar refractivity (Wildman–Crippen MR) is 113 cm³/mol. The number of fused-ring (bicyclic) bond motifs is 1. The molecular weight excluding hydrogens is 420 g/mol. The number of methoxy groups -OCH3 is 1. The Hall–Kier alpha value is -3.12. The van der Waals surface area contributed by atoms with Crippen LogP contribution >= 0.6 is 15.9 Å². The van der Waals surface area contributed by atoms with Crippen LogP contribution in [-0.4, -0.2) is 18.0 Å². The van der Waals surface area contributed by atoms with Gasteiger partial charge in [0.15, 0.2) is 5.58 Å². The fraction of sp³-hybridized carbons (Fsp3) is 0.0909. The van der Waals surface area contributed by atoms with Crippen molar-refractivity contribution in [2.24, 2.45) is 0 Å². The van der Waals surface area contributed by atoms with Crippen molar-refractivity contribution in [1.29, 1.82) is 0 Å². The SMILES string of the molecule is COc1c(C)cccc1C(=O)Nc1ccc2oc(-c3ccccc3Br)nc2c1. The summed E-state index contributed by atoms with van der Waals surface area (Å²) in [7, 11) is 1.56. The average molecular weight is 437 g/mol. The van der Waals surface area contributed by atoms with Crippen LogP contribution in [0.4, 0.5) is 5.69 Å². The number of para-hydroxylation sites is 1. The van der Waals surface area contributed by atoms with Crippen molar-refractivity contribution in [3.8, 4) is 17.2 Å². The number of aryl methyl sites for hydroxylation is 1. The van der Waals surface area contributed by atoms with Crippen molar-refractivity contribution in [2.75, 3.05) is 12.4 Å². The number of rotatable bonds is 4. The number of amides is 1. The molecule has 4 aromatic rings. The molecule has 1 N–H and O–H groups in total. The molecule has 28 heavy (non-hydrogen) atoms. The van der Waals surface area contributed by atoms with Crippen LogP contribution < -0.4 is 10.1 Å². The molecule has 0 spiro atoms. The van der Waals surface area contributed by atoms with E-state index in [4.69, 9.17) is 9.15 Å². The quantitative estimate of drug-likeness (QED) is 0.437. The summed E-state index contributed by atoms with van der Waals surface area (Å²) in [5.41, 5.74) is 4.20. The molecule has 0 radical (unpaired) electrons. The van der Waals surface area contributed by atoms with Crippen LogP contribution in [0.15, 0.2) is 69.6 Å². The third-order valence-electron chi connectivity index (χ3n) is 4.41. The Morgan fingerprint density at radius 2 is 1.93 bits per heavy atom. The lowest BCUT2D eigenvalue weighted by atomic mass is 10.1. The maximum absolute atomic E-state index is 12.7. The number of nitrogens with one attached hydrogen (secondary N) is 1. The van der Waals surface area contributed by atoms with E-state index in [1.165, 1.54) is 0 Å². The third kappa shape index (κ3) is 3.39. The van der Waals surface area contributed by atoms with Crippen molar-refractivity contribution >= 4 is 38.6 Å². The summed E-state index contributed by atoms with van der Waals surface area (Å²) >= 11 is 3.51. The summed E-state index contributed by atoms with van der Waals surface area (Å²) in [6.07, 6.45) is 0. The van der Waals surface area contributed by atoms with Crippen LogP contribution in [0, 0.1) is 6.92 Å². The Bertz CT molecular complexity index is 1180. The first-order chi connectivity index (χ1) is 13.6. The van der Waals surface area contributed by atoms with Gasteiger partial charge in [0.05, 0.1) is 18.2 Å². The highest BCUT2D eigenvalue weighted by Gasteiger charge is 2.16. The number of ether oxygens (including phenoxy) is 1. The Labute approximate surface area is 170 Å². The van der Waals surface area contributed by atoms with Gasteiger partial charge in [-0.2, -0.15) is 0 Å². The molecule has 6 heteroatoms. The van der Waals surface area contributed by atoms with E-state index in [0.29, 0.717) is 34.0 Å². The van der Waals surface area contributed by atoms with Gasteiger partial charge in [0.1, 0.15) is 11.3 Å². The lowest BCUT2D eigenvalue weighted by Gasteiger charge is -2.11. The van der Waals surface area contributed by atoms with Crippen LogP contribution in [-0.2, 0) is 0 Å². The van der Waals surface area contributed by atoms with E-state index in [1.54, 1.807) is 31.4 Å². The predicted octanol–water partition coefficient (Wildman–Crippen LogP) is 5.83. The number of nitrogens with zero attached hydrogens (tertiary/aromatic N) is 1. The molecule has 0 atom stereocenters. The molecule has 0 aliphatic carbocycles. The van der Waals surface area contributed by atoms with Gasteiger partial charge in [-0.1, -0.05) is 24.3 Å². The van der Waals surface area contributed by atoms with E-state index >= 15 is 0 Å². The highest BCUT2D eigenvalue weighted by atomic mass is 79.9. The van der Waals surface area contributed by atoms with Gasteiger partial charge in [-0.3, -0.25) is 4.79 Å². The number of halogens is 1. The molecule has 1 aromatic heterocycles. The maximum atomic E-state index is 12.7. The number of aromatic nitrogens is 1. The van der Waals surface area contributed by atoms with Gasteiger partial charge in [-0.25, -0.2) is 4.98 Å². The molecule has 0 bridgehead atoms. The highest BCUT2D eigenvalue weighted by molar-refractivity contribution is 9.10. The summed E-state index contributed by atoms with van der Waals surface area (Å²) in [6, 6.07) is 18.6. The molecule has 3 aromatic carbocycles. The van der Waals surface area contributed by atoms with Crippen LogP contribution in [0.5, 0.6) is 5.75 Å². The van der Waals surface area contributed by atoms with Gasteiger partial charge >= 0.3 is 0 Å². The van der Waals surface area contributed by atoms with Gasteiger partial charge < -0.3 is 14.5 Å². The minimum atomic E-state index is -0.241. The summed E-state index contributed by atoms with van der Waals surface area (Å²) in [4.78, 5) is 17.3. The van der Waals surface area contributed by atoms with Gasteiger partial charge in [0.2, 0.25) is 5.89 Å². The molecule has 0 aliphatic rings. The van der Waals surface area contributed by atoms with Gasteiger partial charge in [-0.05, 0) is 64.8 Å². The van der Waals surface area contributed by atoms with E-state index < -0.39 is 0 Å². The fourth-order valence-corrected chi connectivity index (χ4v) is 3.51. The molecular formula is C22H17BrN2O3. The standard InChI is InChI=1S/C22H17BrN2O3/c1-13-6-5-8-16(20(13)27-2)21(26)24-14-10-11-19-18(12-14)25-22(28-19)15-7-3-4-9-17(15)23/h3-12H,1-2H3,(H,24,26). The van der Waals surface area contributed by atoms with E-state index in [0.717, 1.165) is 15.6 Å². The Kier molecular flexibility index (Phi) is 4.88. The van der Waals surface area contributed by atoms with Crippen molar-refractivity contribution in [2.45, 2.75) is 6.92 Å². The summed E-state index contributed by atoms with van der Waals surface area (Å²) < 4.78 is 12.1. The first-order valence-corrected chi connectivity index (χ1v) is 9.46. The average Bonchev–Trinajstić information content (AvgIpc) is 3.11. The zero-order valence-electron chi connectivity index (χ0n) is 15.3. The van der Waals surface area contributed by atoms with Crippen LogP contribution in [0.2, 0.25) is 0 Å². The largest absolute Gasteiger partial charge is 0.496 e. The normalized spacial score (nSPS) is 10.8. The van der Waals surface area contributed by atoms with Gasteiger partial charge in [0.25, 0.3) is 5.91 Å². The Morgan fingerprint density at radius 1 is 1.11 bits per heavy atom. The first-order valence-electron chi connectivity index (χ1n) is 8.67. The fourth-order valence-electron chi connectivity index (χ4n) is 3.06.